The first kappa shape index (κ1) is 16.3. The minimum atomic E-state index is 0.250. The summed E-state index contributed by atoms with van der Waals surface area (Å²) in [5.74, 6) is 6.35. The van der Waals surface area contributed by atoms with E-state index in [1.54, 1.807) is 0 Å². The van der Waals surface area contributed by atoms with E-state index in [4.69, 9.17) is 4.74 Å². The SMILES string of the molecule is CC[C@]12CC[C@H]3[C@H]([C@@H]1[C@@H]1C[C@@H]1[C@@]21CCCO1)[C@@H](C)CC1=CC(=O)CC[C@@H]13. The Bertz CT molecular complexity index is 672. The van der Waals surface area contributed by atoms with Gasteiger partial charge in [0.15, 0.2) is 5.78 Å². The van der Waals surface area contributed by atoms with Gasteiger partial charge in [0.1, 0.15) is 0 Å². The topological polar surface area (TPSA) is 26.3 Å². The second-order valence-electron chi connectivity index (χ2n) is 10.7. The van der Waals surface area contributed by atoms with Crippen molar-refractivity contribution in [2.75, 3.05) is 6.61 Å². The number of allylic oxidation sites excluding steroid dienone is 1. The normalized spacial score (nSPS) is 57.2. The third-order valence-corrected chi connectivity index (χ3v) is 10.2. The monoisotopic (exact) mass is 354 g/mol. The number of carbonyl (C=O) groups is 1. The molecule has 9 atom stereocenters. The van der Waals surface area contributed by atoms with E-state index in [1.807, 2.05) is 0 Å². The molecule has 6 rings (SSSR count). The third-order valence-electron chi connectivity index (χ3n) is 10.2. The highest BCUT2D eigenvalue weighted by molar-refractivity contribution is 5.91. The average Bonchev–Trinajstić information content (AvgIpc) is 3.21. The molecular formula is C24H34O2. The third kappa shape index (κ3) is 1.77. The van der Waals surface area contributed by atoms with Crippen LogP contribution in [0, 0.1) is 46.8 Å². The highest BCUT2D eigenvalue weighted by Gasteiger charge is 2.78. The van der Waals surface area contributed by atoms with Gasteiger partial charge < -0.3 is 4.74 Å². The molecule has 2 nitrogen and oxygen atoms in total. The van der Waals surface area contributed by atoms with Crippen molar-refractivity contribution in [1.82, 2.24) is 0 Å². The van der Waals surface area contributed by atoms with E-state index in [9.17, 15) is 4.79 Å². The summed E-state index contributed by atoms with van der Waals surface area (Å²) in [6.45, 7) is 6.00. The number of hydrogen-bond acceptors (Lipinski definition) is 2. The van der Waals surface area contributed by atoms with Crippen LogP contribution >= 0.6 is 0 Å². The van der Waals surface area contributed by atoms with Crippen molar-refractivity contribution < 1.29 is 9.53 Å². The largest absolute Gasteiger partial charge is 0.374 e. The first-order chi connectivity index (χ1) is 12.6. The van der Waals surface area contributed by atoms with Gasteiger partial charge in [0.05, 0.1) is 5.60 Å². The molecule has 4 saturated carbocycles. The van der Waals surface area contributed by atoms with E-state index in [1.165, 1.54) is 50.5 Å². The van der Waals surface area contributed by atoms with Crippen LogP contribution in [0.15, 0.2) is 11.6 Å². The molecule has 2 heteroatoms. The molecule has 0 radical (unpaired) electrons. The Morgan fingerprint density at radius 1 is 1.23 bits per heavy atom. The molecule has 1 saturated heterocycles. The molecule has 0 unspecified atom stereocenters. The van der Waals surface area contributed by atoms with E-state index in [0.29, 0.717) is 11.2 Å². The van der Waals surface area contributed by atoms with Crippen molar-refractivity contribution in [1.29, 1.82) is 0 Å². The van der Waals surface area contributed by atoms with Gasteiger partial charge in [-0.3, -0.25) is 4.79 Å². The quantitative estimate of drug-likeness (QED) is 0.649. The molecule has 1 heterocycles. The lowest BCUT2D eigenvalue weighted by Crippen LogP contribution is -2.57. The predicted molar refractivity (Wildman–Crippen MR) is 102 cm³/mol. The van der Waals surface area contributed by atoms with Crippen LogP contribution in [0.4, 0.5) is 0 Å². The first-order valence-electron chi connectivity index (χ1n) is 11.5. The fourth-order valence-electron chi connectivity index (χ4n) is 9.50. The number of rotatable bonds is 1. The van der Waals surface area contributed by atoms with Crippen molar-refractivity contribution in [2.45, 2.75) is 77.2 Å². The Morgan fingerprint density at radius 3 is 2.88 bits per heavy atom. The molecule has 0 aromatic heterocycles. The molecule has 0 bridgehead atoms. The van der Waals surface area contributed by atoms with E-state index < -0.39 is 0 Å². The Kier molecular flexibility index (Phi) is 3.30. The van der Waals surface area contributed by atoms with Crippen LogP contribution in [0.5, 0.6) is 0 Å². The van der Waals surface area contributed by atoms with Gasteiger partial charge in [-0.15, -0.1) is 0 Å². The van der Waals surface area contributed by atoms with E-state index in [-0.39, 0.29) is 5.60 Å². The van der Waals surface area contributed by atoms with Crippen molar-refractivity contribution >= 4 is 5.78 Å². The van der Waals surface area contributed by atoms with Crippen LogP contribution < -0.4 is 0 Å². The minimum Gasteiger partial charge on any atom is -0.374 e. The Labute approximate surface area is 158 Å². The van der Waals surface area contributed by atoms with Crippen LogP contribution in [-0.4, -0.2) is 18.0 Å². The van der Waals surface area contributed by atoms with Gasteiger partial charge in [-0.1, -0.05) is 19.4 Å². The fraction of sp³-hybridized carbons (Fsp3) is 0.875. The maximum absolute atomic E-state index is 12.0. The predicted octanol–water partition coefficient (Wildman–Crippen LogP) is 5.17. The highest BCUT2D eigenvalue weighted by Crippen LogP contribution is 2.79. The summed E-state index contributed by atoms with van der Waals surface area (Å²) in [5.41, 5.74) is 2.25. The maximum Gasteiger partial charge on any atom is 0.155 e. The zero-order valence-corrected chi connectivity index (χ0v) is 16.5. The summed E-state index contributed by atoms with van der Waals surface area (Å²) in [7, 11) is 0. The summed E-state index contributed by atoms with van der Waals surface area (Å²) < 4.78 is 6.70. The number of fused-ring (bicyclic) bond motifs is 9. The van der Waals surface area contributed by atoms with Crippen molar-refractivity contribution in [3.05, 3.63) is 11.6 Å². The molecule has 0 aromatic rings. The van der Waals surface area contributed by atoms with Gasteiger partial charge in [0.25, 0.3) is 0 Å². The summed E-state index contributed by atoms with van der Waals surface area (Å²) in [4.78, 5) is 12.0. The molecule has 1 spiro atoms. The summed E-state index contributed by atoms with van der Waals surface area (Å²) in [5, 5.41) is 0. The molecule has 0 N–H and O–H groups in total. The Morgan fingerprint density at radius 2 is 2.12 bits per heavy atom. The van der Waals surface area contributed by atoms with Crippen molar-refractivity contribution in [3.63, 3.8) is 0 Å². The molecule has 142 valence electrons. The van der Waals surface area contributed by atoms with Gasteiger partial charge in [0, 0.05) is 18.4 Å². The van der Waals surface area contributed by atoms with E-state index >= 15 is 0 Å². The van der Waals surface area contributed by atoms with Crippen LogP contribution in [0.25, 0.3) is 0 Å². The number of hydrogen-bond donors (Lipinski definition) is 0. The van der Waals surface area contributed by atoms with Gasteiger partial charge >= 0.3 is 0 Å². The Hall–Kier alpha value is -0.630. The van der Waals surface area contributed by atoms with Gasteiger partial charge in [-0.2, -0.15) is 0 Å². The van der Waals surface area contributed by atoms with Gasteiger partial charge in [-0.05, 0) is 98.9 Å². The van der Waals surface area contributed by atoms with Crippen LogP contribution in [0.1, 0.15) is 71.6 Å². The number of ketones is 1. The Balaban J connectivity index is 1.42. The standard InChI is InChI=1S/C24H34O2/c1-3-23-9-7-18-17-6-5-16(25)12-15(17)11-14(2)21(18)22(23)19-13-20(19)24(23)8-4-10-26-24/h12,14,17-22H,3-11,13H2,1-2H3/t14-,17-,18+,19+,20-,21+,22-,23-,24-/m0/s1. The summed E-state index contributed by atoms with van der Waals surface area (Å²) in [6.07, 6.45) is 13.4. The molecular weight excluding hydrogens is 320 g/mol. The highest BCUT2D eigenvalue weighted by atomic mass is 16.5. The van der Waals surface area contributed by atoms with Crippen molar-refractivity contribution in [2.24, 2.45) is 46.8 Å². The lowest BCUT2D eigenvalue weighted by molar-refractivity contribution is -0.165. The number of ether oxygens (including phenoxy) is 1. The zero-order chi connectivity index (χ0) is 17.7. The molecule has 0 amide bonds. The molecule has 0 aromatic carbocycles. The summed E-state index contributed by atoms with van der Waals surface area (Å²) >= 11 is 0. The molecule has 6 aliphatic rings. The van der Waals surface area contributed by atoms with Crippen LogP contribution in [0.2, 0.25) is 0 Å². The molecule has 5 fully saturated rings. The van der Waals surface area contributed by atoms with E-state index in [2.05, 4.69) is 19.9 Å². The maximum atomic E-state index is 12.0. The zero-order valence-electron chi connectivity index (χ0n) is 16.5. The van der Waals surface area contributed by atoms with Crippen molar-refractivity contribution in [3.8, 4) is 0 Å². The second-order valence-corrected chi connectivity index (χ2v) is 10.7. The smallest absolute Gasteiger partial charge is 0.155 e. The van der Waals surface area contributed by atoms with Gasteiger partial charge in [-0.25, -0.2) is 0 Å². The second kappa shape index (κ2) is 5.25. The van der Waals surface area contributed by atoms with Crippen LogP contribution in [-0.2, 0) is 9.53 Å². The average molecular weight is 355 g/mol. The number of carbonyl (C=O) groups excluding carboxylic acids is 1. The molecule has 5 aliphatic carbocycles. The van der Waals surface area contributed by atoms with E-state index in [0.717, 1.165) is 60.9 Å². The lowest BCUT2D eigenvalue weighted by Gasteiger charge is -2.60. The molecule has 1 aliphatic heterocycles. The molecule has 26 heavy (non-hydrogen) atoms. The first-order valence-corrected chi connectivity index (χ1v) is 11.5. The fourth-order valence-corrected chi connectivity index (χ4v) is 9.50. The lowest BCUT2D eigenvalue weighted by atomic mass is 9.46. The summed E-state index contributed by atoms with van der Waals surface area (Å²) in [6, 6.07) is 0. The van der Waals surface area contributed by atoms with Gasteiger partial charge in [0.2, 0.25) is 0 Å². The minimum absolute atomic E-state index is 0.250. The van der Waals surface area contributed by atoms with Crippen LogP contribution in [0.3, 0.4) is 0 Å².